The van der Waals surface area contributed by atoms with Crippen LogP contribution >= 0.6 is 0 Å². The Balaban J connectivity index is 0.00000625. The molecule has 0 saturated carbocycles. The molecule has 0 aliphatic carbocycles. The average Bonchev–Trinajstić information content (AvgIpc) is 2.61. The van der Waals surface area contributed by atoms with Crippen LogP contribution in [0, 0.1) is 0 Å². The van der Waals surface area contributed by atoms with Crippen molar-refractivity contribution in [3.8, 4) is 5.75 Å². The fourth-order valence-electron chi connectivity index (χ4n) is 2.11. The van der Waals surface area contributed by atoms with Crippen molar-refractivity contribution in [1.29, 1.82) is 0 Å². The molecule has 0 saturated heterocycles. The van der Waals surface area contributed by atoms with E-state index in [0.29, 0.717) is 13.2 Å². The summed E-state index contributed by atoms with van der Waals surface area (Å²) in [6, 6.07) is 9.41. The Kier molecular flexibility index (Phi) is 16.9. The van der Waals surface area contributed by atoms with Gasteiger partial charge >= 0.3 is 40.0 Å². The Morgan fingerprint density at radius 1 is 0.769 bits per heavy atom. The molecule has 0 aromatic heterocycles. The van der Waals surface area contributed by atoms with Gasteiger partial charge in [-0.15, -0.1) is 0 Å². The van der Waals surface area contributed by atoms with Crippen LogP contribution in [-0.2, 0) is 23.5 Å². The maximum atomic E-state index is 11.5. The van der Waals surface area contributed by atoms with Gasteiger partial charge in [0.25, 0.3) is 0 Å². The summed E-state index contributed by atoms with van der Waals surface area (Å²) in [4.78, 5) is 0. The molecular weight excluding hydrogens is 367 g/mol. The summed E-state index contributed by atoms with van der Waals surface area (Å²) in [6.07, 6.45) is 6.40. The van der Waals surface area contributed by atoms with E-state index in [2.05, 4.69) is 6.92 Å². The Morgan fingerprint density at radius 3 is 2.12 bits per heavy atom. The first-order valence-electron chi connectivity index (χ1n) is 8.93. The van der Waals surface area contributed by atoms with Crippen LogP contribution in [0.25, 0.3) is 0 Å². The zero-order chi connectivity index (χ0) is 18.2. The van der Waals surface area contributed by atoms with Gasteiger partial charge in [0.2, 0.25) is 0 Å². The van der Waals surface area contributed by atoms with Gasteiger partial charge in [-0.2, -0.15) is 8.42 Å². The van der Waals surface area contributed by atoms with E-state index in [-0.39, 0.29) is 49.4 Å². The van der Waals surface area contributed by atoms with Gasteiger partial charge in [-0.05, 0) is 18.6 Å². The fourth-order valence-corrected chi connectivity index (χ4v) is 2.77. The topological polar surface area (TPSA) is 71.1 Å². The van der Waals surface area contributed by atoms with Crippen molar-refractivity contribution in [3.63, 3.8) is 0 Å². The van der Waals surface area contributed by atoms with Crippen LogP contribution < -0.4 is 4.74 Å². The van der Waals surface area contributed by atoms with Gasteiger partial charge in [-0.1, -0.05) is 57.2 Å². The van der Waals surface area contributed by atoms with Gasteiger partial charge in [0.15, 0.2) is 0 Å². The van der Waals surface area contributed by atoms with E-state index in [1.54, 1.807) is 0 Å². The Morgan fingerprint density at radius 2 is 1.38 bits per heavy atom. The second-order valence-electron chi connectivity index (χ2n) is 5.59. The molecule has 1 aromatic carbocycles. The second kappa shape index (κ2) is 17.0. The van der Waals surface area contributed by atoms with Gasteiger partial charge in [-0.3, -0.25) is 0 Å². The van der Waals surface area contributed by atoms with E-state index >= 15 is 0 Å². The molecule has 0 heterocycles. The standard InChI is InChI=1S/C18H30O6S.Na.H/c1-2-3-4-5-6-10-13-23-25(19,20)24-17-15-21-14-16-22-18-11-8-7-9-12-18;;/h7-9,11-12H,2-6,10,13-17H2,1H3;;. The summed E-state index contributed by atoms with van der Waals surface area (Å²) in [5.41, 5.74) is 0. The van der Waals surface area contributed by atoms with E-state index in [1.807, 2.05) is 30.3 Å². The molecule has 0 radical (unpaired) electrons. The summed E-state index contributed by atoms with van der Waals surface area (Å²) in [6.45, 7) is 3.18. The molecule has 0 aliphatic heterocycles. The van der Waals surface area contributed by atoms with Crippen LogP contribution in [0.4, 0.5) is 0 Å². The molecule has 0 fully saturated rings. The van der Waals surface area contributed by atoms with Crippen molar-refractivity contribution in [3.05, 3.63) is 30.3 Å². The maximum absolute atomic E-state index is 11.5. The molecule has 8 heteroatoms. The van der Waals surface area contributed by atoms with E-state index in [4.69, 9.17) is 17.8 Å². The Hall–Kier alpha value is -0.150. The van der Waals surface area contributed by atoms with E-state index in [0.717, 1.165) is 25.0 Å². The predicted octanol–water partition coefficient (Wildman–Crippen LogP) is 3.07. The van der Waals surface area contributed by atoms with Gasteiger partial charge in [0.1, 0.15) is 12.4 Å². The summed E-state index contributed by atoms with van der Waals surface area (Å²) in [5.74, 6) is 0.771. The zero-order valence-electron chi connectivity index (χ0n) is 15.0. The zero-order valence-corrected chi connectivity index (χ0v) is 15.8. The number of para-hydroxylation sites is 1. The molecule has 0 aliphatic rings. The number of hydrogen-bond acceptors (Lipinski definition) is 6. The van der Waals surface area contributed by atoms with Crippen molar-refractivity contribution in [2.24, 2.45) is 0 Å². The van der Waals surface area contributed by atoms with Crippen LogP contribution in [0.5, 0.6) is 5.75 Å². The van der Waals surface area contributed by atoms with Crippen molar-refractivity contribution < 1.29 is 26.3 Å². The average molecular weight is 398 g/mol. The number of rotatable bonds is 16. The first kappa shape index (κ1) is 25.9. The molecule has 1 aromatic rings. The molecule has 1 rings (SSSR count). The summed E-state index contributed by atoms with van der Waals surface area (Å²) in [5, 5.41) is 0. The first-order chi connectivity index (χ1) is 12.1. The molecular formula is C18H31NaO6S. The van der Waals surface area contributed by atoms with Gasteiger partial charge in [0, 0.05) is 0 Å². The number of unbranched alkanes of at least 4 members (excludes halogenated alkanes) is 5. The number of benzene rings is 1. The van der Waals surface area contributed by atoms with Gasteiger partial charge in [0.05, 0.1) is 26.4 Å². The van der Waals surface area contributed by atoms with Crippen LogP contribution in [0.3, 0.4) is 0 Å². The van der Waals surface area contributed by atoms with Crippen LogP contribution in [0.15, 0.2) is 30.3 Å². The van der Waals surface area contributed by atoms with Crippen LogP contribution in [0.2, 0.25) is 0 Å². The summed E-state index contributed by atoms with van der Waals surface area (Å²) >= 11 is 0. The van der Waals surface area contributed by atoms with Gasteiger partial charge < -0.3 is 9.47 Å². The van der Waals surface area contributed by atoms with Crippen molar-refractivity contribution in [2.75, 3.05) is 33.0 Å². The molecule has 0 unspecified atom stereocenters. The molecule has 146 valence electrons. The third kappa shape index (κ3) is 15.0. The molecule has 0 spiro atoms. The molecule has 6 nitrogen and oxygen atoms in total. The van der Waals surface area contributed by atoms with Gasteiger partial charge in [-0.25, -0.2) is 8.37 Å². The minimum atomic E-state index is -3.93. The summed E-state index contributed by atoms with van der Waals surface area (Å²) in [7, 11) is -3.93. The monoisotopic (exact) mass is 398 g/mol. The van der Waals surface area contributed by atoms with E-state index in [9.17, 15) is 8.42 Å². The minimum absolute atomic E-state index is 0. The molecule has 0 amide bonds. The molecule has 0 bridgehead atoms. The van der Waals surface area contributed by atoms with E-state index in [1.165, 1.54) is 19.3 Å². The molecule has 0 atom stereocenters. The Labute approximate surface area is 180 Å². The normalized spacial score (nSPS) is 11.1. The third-order valence-electron chi connectivity index (χ3n) is 3.42. The van der Waals surface area contributed by atoms with Crippen molar-refractivity contribution >= 4 is 40.0 Å². The fraction of sp³-hybridized carbons (Fsp3) is 0.667. The molecule has 0 N–H and O–H groups in total. The van der Waals surface area contributed by atoms with Crippen LogP contribution in [-0.4, -0.2) is 71.0 Å². The Bertz CT molecular complexity index is 524. The molecule has 26 heavy (non-hydrogen) atoms. The number of hydrogen-bond donors (Lipinski definition) is 0. The third-order valence-corrected chi connectivity index (χ3v) is 4.33. The predicted molar refractivity (Wildman–Crippen MR) is 104 cm³/mol. The second-order valence-corrected chi connectivity index (χ2v) is 6.88. The quantitative estimate of drug-likeness (QED) is 0.315. The summed E-state index contributed by atoms with van der Waals surface area (Å²) < 4.78 is 43.3. The number of ether oxygens (including phenoxy) is 2. The van der Waals surface area contributed by atoms with E-state index < -0.39 is 10.4 Å². The van der Waals surface area contributed by atoms with Crippen molar-refractivity contribution in [1.82, 2.24) is 0 Å². The van der Waals surface area contributed by atoms with Crippen molar-refractivity contribution in [2.45, 2.75) is 45.4 Å². The van der Waals surface area contributed by atoms with Crippen LogP contribution in [0.1, 0.15) is 45.4 Å². The first-order valence-corrected chi connectivity index (χ1v) is 10.3. The SMILES string of the molecule is CCCCCCCCOS(=O)(=O)OCCOCCOc1ccccc1.[NaH].